The summed E-state index contributed by atoms with van der Waals surface area (Å²) < 4.78 is 22.7. The van der Waals surface area contributed by atoms with Crippen molar-refractivity contribution >= 4 is 17.9 Å². The normalized spacial score (nSPS) is 13.2. The van der Waals surface area contributed by atoms with E-state index in [0.717, 1.165) is 70.6 Å². The first-order valence-electron chi connectivity index (χ1n) is 21.5. The first-order valence-corrected chi connectivity index (χ1v) is 21.5. The molecule has 9 heteroatoms. The van der Waals surface area contributed by atoms with Gasteiger partial charge in [-0.15, -0.1) is 0 Å². The largest absolute Gasteiger partial charge is 0.477 e. The molecule has 0 rings (SSSR count). The second-order valence-electron chi connectivity index (χ2n) is 15.6. The molecule has 0 aliphatic heterocycles. The number of quaternary nitrogens is 1. The molecule has 0 heterocycles. The molecular weight excluding hydrogens is 670 g/mol. The summed E-state index contributed by atoms with van der Waals surface area (Å²) in [5.41, 5.74) is 0. The van der Waals surface area contributed by atoms with Gasteiger partial charge in [0.1, 0.15) is 13.2 Å². The highest BCUT2D eigenvalue weighted by Gasteiger charge is 2.25. The fourth-order valence-corrected chi connectivity index (χ4v) is 5.76. The molecule has 0 saturated carbocycles. The Morgan fingerprint density at radius 1 is 0.547 bits per heavy atom. The second-order valence-corrected chi connectivity index (χ2v) is 15.6. The van der Waals surface area contributed by atoms with Gasteiger partial charge in [-0.1, -0.05) is 128 Å². The molecule has 0 saturated heterocycles. The number of aliphatic carboxylic acids is 1. The van der Waals surface area contributed by atoms with Crippen molar-refractivity contribution in [3.8, 4) is 0 Å². The van der Waals surface area contributed by atoms with Crippen LogP contribution < -0.4 is 0 Å². The molecular formula is C44H82NO8+. The van der Waals surface area contributed by atoms with Gasteiger partial charge in [0.2, 0.25) is 0 Å². The maximum Gasteiger partial charge on any atom is 0.361 e. The molecule has 2 atom stereocenters. The SMILES string of the molecule is CCCCC/C=C\CCCCCCCC(=O)OCC(COC(OCC[N+](C)(C)C)C(=O)O)OC(=O)CCCCCCC/C=C\CCCCCCCCC. The summed E-state index contributed by atoms with van der Waals surface area (Å²) in [5.74, 6) is -2.03. The Bertz CT molecular complexity index is 929. The molecule has 0 spiro atoms. The lowest BCUT2D eigenvalue weighted by Gasteiger charge is -2.25. The van der Waals surface area contributed by atoms with E-state index < -0.39 is 24.3 Å². The topological polar surface area (TPSA) is 108 Å². The number of ether oxygens (including phenoxy) is 4. The first kappa shape index (κ1) is 50.8. The number of hydrogen-bond acceptors (Lipinski definition) is 7. The maximum absolute atomic E-state index is 12.7. The average Bonchev–Trinajstić information content (AvgIpc) is 3.11. The Morgan fingerprint density at radius 3 is 1.43 bits per heavy atom. The summed E-state index contributed by atoms with van der Waals surface area (Å²) in [6.07, 6.45) is 35.2. The minimum absolute atomic E-state index is 0.186. The van der Waals surface area contributed by atoms with Crippen molar-refractivity contribution in [1.82, 2.24) is 0 Å². The van der Waals surface area contributed by atoms with Crippen LogP contribution in [-0.2, 0) is 33.3 Å². The van der Waals surface area contributed by atoms with E-state index in [4.69, 9.17) is 18.9 Å². The Morgan fingerprint density at radius 2 is 0.962 bits per heavy atom. The van der Waals surface area contributed by atoms with E-state index in [1.165, 1.54) is 77.0 Å². The minimum atomic E-state index is -1.51. The molecule has 9 nitrogen and oxygen atoms in total. The average molecular weight is 753 g/mol. The smallest absolute Gasteiger partial charge is 0.361 e. The van der Waals surface area contributed by atoms with Gasteiger partial charge in [-0.05, 0) is 64.2 Å². The molecule has 0 aliphatic rings. The van der Waals surface area contributed by atoms with Crippen LogP contribution >= 0.6 is 0 Å². The van der Waals surface area contributed by atoms with Crippen molar-refractivity contribution in [1.29, 1.82) is 0 Å². The van der Waals surface area contributed by atoms with Crippen molar-refractivity contribution in [3.05, 3.63) is 24.3 Å². The van der Waals surface area contributed by atoms with Gasteiger partial charge in [-0.2, -0.15) is 0 Å². The number of esters is 2. The van der Waals surface area contributed by atoms with Crippen molar-refractivity contribution < 1.29 is 42.9 Å². The van der Waals surface area contributed by atoms with Gasteiger partial charge in [-0.25, -0.2) is 4.79 Å². The molecule has 0 aromatic carbocycles. The van der Waals surface area contributed by atoms with E-state index >= 15 is 0 Å². The number of allylic oxidation sites excluding steroid dienone is 4. The number of carboxylic acid groups (broad SMARTS) is 1. The van der Waals surface area contributed by atoms with E-state index in [-0.39, 0.29) is 32.2 Å². The molecule has 0 aromatic heterocycles. The number of hydrogen-bond donors (Lipinski definition) is 1. The van der Waals surface area contributed by atoms with E-state index in [0.29, 0.717) is 23.9 Å². The zero-order valence-electron chi connectivity index (χ0n) is 34.9. The molecule has 1 N–H and O–H groups in total. The van der Waals surface area contributed by atoms with Crippen molar-refractivity contribution in [2.24, 2.45) is 0 Å². The van der Waals surface area contributed by atoms with Gasteiger partial charge in [0.25, 0.3) is 6.29 Å². The number of carbonyl (C=O) groups is 3. The molecule has 0 aromatic rings. The minimum Gasteiger partial charge on any atom is -0.477 e. The van der Waals surface area contributed by atoms with Crippen LogP contribution in [0, 0.1) is 0 Å². The van der Waals surface area contributed by atoms with Crippen molar-refractivity contribution in [3.63, 3.8) is 0 Å². The van der Waals surface area contributed by atoms with Crippen LogP contribution in [0.1, 0.15) is 181 Å². The zero-order chi connectivity index (χ0) is 39.3. The Hall–Kier alpha value is -2.23. The molecule has 0 radical (unpaired) electrons. The number of carboxylic acids is 1. The summed E-state index contributed by atoms with van der Waals surface area (Å²) in [7, 11) is 5.94. The van der Waals surface area contributed by atoms with Crippen LogP contribution in [0.2, 0.25) is 0 Å². The Labute approximate surface area is 325 Å². The molecule has 53 heavy (non-hydrogen) atoms. The van der Waals surface area contributed by atoms with Gasteiger partial charge in [0.15, 0.2) is 6.10 Å². The van der Waals surface area contributed by atoms with Crippen molar-refractivity contribution in [2.75, 3.05) is 47.5 Å². The van der Waals surface area contributed by atoms with Gasteiger partial charge in [-0.3, -0.25) is 9.59 Å². The fraction of sp³-hybridized carbons (Fsp3) is 0.841. The molecule has 0 amide bonds. The highest BCUT2D eigenvalue weighted by Crippen LogP contribution is 2.13. The number of rotatable bonds is 39. The molecule has 0 fully saturated rings. The van der Waals surface area contributed by atoms with Crippen LogP contribution in [0.4, 0.5) is 0 Å². The third-order valence-electron chi connectivity index (χ3n) is 9.18. The third kappa shape index (κ3) is 37.9. The summed E-state index contributed by atoms with van der Waals surface area (Å²) in [5, 5.41) is 9.61. The van der Waals surface area contributed by atoms with Gasteiger partial charge < -0.3 is 28.5 Å². The lowest BCUT2D eigenvalue weighted by Crippen LogP contribution is -2.40. The van der Waals surface area contributed by atoms with E-state index in [9.17, 15) is 19.5 Å². The molecule has 0 bridgehead atoms. The zero-order valence-corrected chi connectivity index (χ0v) is 34.9. The maximum atomic E-state index is 12.7. The van der Waals surface area contributed by atoms with Crippen molar-refractivity contribution in [2.45, 2.75) is 193 Å². The number of likely N-dealkylation sites (N-methyl/N-ethyl adjacent to an activating group) is 1. The third-order valence-corrected chi connectivity index (χ3v) is 9.18. The van der Waals surface area contributed by atoms with Crippen LogP contribution in [-0.4, -0.2) is 87.4 Å². The molecule has 2 unspecified atom stereocenters. The molecule has 310 valence electrons. The lowest BCUT2D eigenvalue weighted by atomic mass is 10.1. The van der Waals surface area contributed by atoms with Crippen LogP contribution in [0.25, 0.3) is 0 Å². The number of nitrogens with zero attached hydrogens (tertiary/aromatic N) is 1. The van der Waals surface area contributed by atoms with Gasteiger partial charge in [0, 0.05) is 12.8 Å². The van der Waals surface area contributed by atoms with E-state index in [2.05, 4.69) is 38.2 Å². The number of unbranched alkanes of at least 4 members (excludes halogenated alkanes) is 20. The lowest BCUT2D eigenvalue weighted by molar-refractivity contribution is -0.870. The molecule has 0 aliphatic carbocycles. The standard InChI is InChI=1S/C44H81NO8/c1-6-8-10-12-14-16-18-20-21-22-23-25-27-29-31-33-35-42(47)53-40(39-52-44(43(48)49)50-37-36-45(3,4)5)38-51-41(46)34-32-30-28-26-24-19-17-15-13-11-9-7-2/h15,17,21-22,40,44H,6-14,16,18-20,23-39H2,1-5H3/p+1/b17-15-,22-21-. The Kier molecular flexibility index (Phi) is 35.2. The van der Waals surface area contributed by atoms with Crippen LogP contribution in [0.15, 0.2) is 24.3 Å². The summed E-state index contributed by atoms with van der Waals surface area (Å²) in [4.78, 5) is 37.0. The number of carbonyl (C=O) groups excluding carboxylic acids is 2. The van der Waals surface area contributed by atoms with E-state index in [1.807, 2.05) is 21.1 Å². The van der Waals surface area contributed by atoms with Crippen LogP contribution in [0.3, 0.4) is 0 Å². The Balaban J connectivity index is 4.49. The summed E-state index contributed by atoms with van der Waals surface area (Å²) >= 11 is 0. The predicted molar refractivity (Wildman–Crippen MR) is 217 cm³/mol. The first-order chi connectivity index (χ1) is 25.6. The monoisotopic (exact) mass is 753 g/mol. The fourth-order valence-electron chi connectivity index (χ4n) is 5.76. The van der Waals surface area contributed by atoms with E-state index in [1.54, 1.807) is 0 Å². The van der Waals surface area contributed by atoms with Gasteiger partial charge in [0.05, 0.1) is 34.4 Å². The highest BCUT2D eigenvalue weighted by molar-refractivity contribution is 5.71. The second kappa shape index (κ2) is 36.7. The summed E-state index contributed by atoms with van der Waals surface area (Å²) in [6, 6.07) is 0. The summed E-state index contributed by atoms with van der Waals surface area (Å²) in [6.45, 7) is 4.82. The predicted octanol–water partition coefficient (Wildman–Crippen LogP) is 10.9. The highest BCUT2D eigenvalue weighted by atomic mass is 16.7. The van der Waals surface area contributed by atoms with Gasteiger partial charge >= 0.3 is 17.9 Å². The van der Waals surface area contributed by atoms with Crippen LogP contribution in [0.5, 0.6) is 0 Å². The quantitative estimate of drug-likeness (QED) is 0.0217.